The van der Waals surface area contributed by atoms with Crippen molar-refractivity contribution < 1.29 is 5.11 Å². The van der Waals surface area contributed by atoms with Crippen LogP contribution in [0.5, 0.6) is 0 Å². The standard InChI is InChI=1S/C15H17N3OS/c16-15(20)12-8-17-13-6-2-1-5-11(13)14(12)18-7-3-4-10(18)9-19/h1-2,5-6,8,10,19H,3-4,7,9H2,(H2,16,20). The molecule has 1 unspecified atom stereocenters. The summed E-state index contributed by atoms with van der Waals surface area (Å²) in [6.07, 6.45) is 3.80. The number of aliphatic hydroxyl groups is 1. The van der Waals surface area contributed by atoms with Crippen LogP contribution < -0.4 is 10.6 Å². The predicted octanol–water partition coefficient (Wildman–Crippen LogP) is 1.83. The molecular weight excluding hydrogens is 270 g/mol. The van der Waals surface area contributed by atoms with Crippen LogP contribution >= 0.6 is 12.2 Å². The Morgan fingerprint density at radius 1 is 1.45 bits per heavy atom. The van der Waals surface area contributed by atoms with Crippen LogP contribution in [-0.2, 0) is 0 Å². The summed E-state index contributed by atoms with van der Waals surface area (Å²) >= 11 is 5.17. The van der Waals surface area contributed by atoms with Crippen molar-refractivity contribution in [1.29, 1.82) is 0 Å². The van der Waals surface area contributed by atoms with Crippen LogP contribution in [0.3, 0.4) is 0 Å². The Kier molecular flexibility index (Phi) is 3.54. The maximum atomic E-state index is 9.58. The number of rotatable bonds is 3. The summed E-state index contributed by atoms with van der Waals surface area (Å²) in [6, 6.07) is 8.10. The molecule has 0 radical (unpaired) electrons. The Morgan fingerprint density at radius 3 is 3.00 bits per heavy atom. The second kappa shape index (κ2) is 5.34. The van der Waals surface area contributed by atoms with Crippen LogP contribution in [-0.4, -0.2) is 34.3 Å². The Labute approximate surface area is 123 Å². The van der Waals surface area contributed by atoms with E-state index in [4.69, 9.17) is 18.0 Å². The smallest absolute Gasteiger partial charge is 0.107 e. The molecule has 0 saturated carbocycles. The minimum atomic E-state index is 0.133. The van der Waals surface area contributed by atoms with Crippen LogP contribution in [0.4, 0.5) is 5.69 Å². The Bertz CT molecular complexity index is 659. The largest absolute Gasteiger partial charge is 0.394 e. The summed E-state index contributed by atoms with van der Waals surface area (Å²) in [5.41, 5.74) is 8.59. The van der Waals surface area contributed by atoms with E-state index in [2.05, 4.69) is 9.88 Å². The van der Waals surface area contributed by atoms with Gasteiger partial charge in [-0.3, -0.25) is 4.98 Å². The van der Waals surface area contributed by atoms with E-state index >= 15 is 0 Å². The first-order chi connectivity index (χ1) is 9.72. The van der Waals surface area contributed by atoms with Crippen molar-refractivity contribution in [1.82, 2.24) is 4.98 Å². The molecule has 1 aromatic heterocycles. The lowest BCUT2D eigenvalue weighted by Crippen LogP contribution is -2.34. The fraction of sp³-hybridized carbons (Fsp3) is 0.333. The SMILES string of the molecule is NC(=S)c1cnc2ccccc2c1N1CCCC1CO. The molecule has 0 spiro atoms. The van der Waals surface area contributed by atoms with E-state index in [9.17, 15) is 5.11 Å². The van der Waals surface area contributed by atoms with Crippen molar-refractivity contribution in [2.45, 2.75) is 18.9 Å². The number of thiocarbonyl (C=S) groups is 1. The van der Waals surface area contributed by atoms with Crippen LogP contribution in [0.2, 0.25) is 0 Å². The molecule has 1 aromatic carbocycles. The highest BCUT2D eigenvalue weighted by Gasteiger charge is 2.28. The van der Waals surface area contributed by atoms with Crippen LogP contribution in [0, 0.1) is 0 Å². The molecular formula is C15H17N3OS. The number of benzene rings is 1. The number of hydrogen-bond donors (Lipinski definition) is 2. The summed E-state index contributed by atoms with van der Waals surface area (Å²) in [5.74, 6) is 0. The van der Waals surface area contributed by atoms with E-state index in [1.807, 2.05) is 24.3 Å². The van der Waals surface area contributed by atoms with Crippen LogP contribution in [0.25, 0.3) is 10.9 Å². The van der Waals surface area contributed by atoms with Gasteiger partial charge in [-0.05, 0) is 18.9 Å². The Hall–Kier alpha value is -1.72. The molecule has 3 rings (SSSR count). The third-order valence-electron chi connectivity index (χ3n) is 3.89. The first kappa shape index (κ1) is 13.3. The molecule has 104 valence electrons. The van der Waals surface area contributed by atoms with Crippen molar-refractivity contribution in [3.63, 3.8) is 0 Å². The predicted molar refractivity (Wildman–Crippen MR) is 85.1 cm³/mol. The van der Waals surface area contributed by atoms with Gasteiger partial charge in [0.15, 0.2) is 0 Å². The number of nitrogens with two attached hydrogens (primary N) is 1. The Balaban J connectivity index is 2.24. The first-order valence-electron chi connectivity index (χ1n) is 6.77. The molecule has 1 fully saturated rings. The van der Waals surface area contributed by atoms with Gasteiger partial charge in [0.1, 0.15) is 4.99 Å². The van der Waals surface area contributed by atoms with E-state index in [1.165, 1.54) is 0 Å². The molecule has 1 aliphatic rings. The molecule has 0 aliphatic carbocycles. The van der Waals surface area contributed by atoms with E-state index < -0.39 is 0 Å². The molecule has 3 N–H and O–H groups in total. The van der Waals surface area contributed by atoms with Gasteiger partial charge in [-0.2, -0.15) is 0 Å². The second-order valence-corrected chi connectivity index (χ2v) is 5.51. The summed E-state index contributed by atoms with van der Waals surface area (Å²) in [4.78, 5) is 7.00. The van der Waals surface area contributed by atoms with Gasteiger partial charge in [0, 0.05) is 18.1 Å². The fourth-order valence-corrected chi connectivity index (χ4v) is 3.09. The number of nitrogens with zero attached hydrogens (tertiary/aromatic N) is 2. The van der Waals surface area contributed by atoms with Gasteiger partial charge >= 0.3 is 0 Å². The van der Waals surface area contributed by atoms with Gasteiger partial charge in [-0.25, -0.2) is 0 Å². The third kappa shape index (κ3) is 2.13. The fourth-order valence-electron chi connectivity index (χ4n) is 2.94. The molecule has 0 amide bonds. The summed E-state index contributed by atoms with van der Waals surface area (Å²) in [5, 5.41) is 10.6. The van der Waals surface area contributed by atoms with Crippen molar-refractivity contribution in [2.24, 2.45) is 5.73 Å². The van der Waals surface area contributed by atoms with E-state index in [0.717, 1.165) is 41.5 Å². The van der Waals surface area contributed by atoms with Crippen molar-refractivity contribution in [3.05, 3.63) is 36.0 Å². The van der Waals surface area contributed by atoms with Gasteiger partial charge in [0.05, 0.1) is 29.4 Å². The maximum absolute atomic E-state index is 9.58. The highest BCUT2D eigenvalue weighted by molar-refractivity contribution is 7.80. The molecule has 1 atom stereocenters. The minimum absolute atomic E-state index is 0.133. The van der Waals surface area contributed by atoms with Crippen molar-refractivity contribution in [3.8, 4) is 0 Å². The third-order valence-corrected chi connectivity index (χ3v) is 4.11. The maximum Gasteiger partial charge on any atom is 0.107 e. The number of aliphatic hydroxyl groups excluding tert-OH is 1. The monoisotopic (exact) mass is 287 g/mol. The zero-order chi connectivity index (χ0) is 14.1. The van der Waals surface area contributed by atoms with Gasteiger partial charge < -0.3 is 15.7 Å². The number of fused-ring (bicyclic) bond motifs is 1. The number of hydrogen-bond acceptors (Lipinski definition) is 4. The molecule has 2 aromatic rings. The molecule has 20 heavy (non-hydrogen) atoms. The molecule has 5 heteroatoms. The number of para-hydroxylation sites is 1. The van der Waals surface area contributed by atoms with E-state index in [-0.39, 0.29) is 12.6 Å². The molecule has 1 saturated heterocycles. The summed E-state index contributed by atoms with van der Waals surface area (Å²) in [6.45, 7) is 1.06. The summed E-state index contributed by atoms with van der Waals surface area (Å²) < 4.78 is 0. The van der Waals surface area contributed by atoms with E-state index in [1.54, 1.807) is 6.20 Å². The second-order valence-electron chi connectivity index (χ2n) is 5.07. The van der Waals surface area contributed by atoms with Gasteiger partial charge in [0.2, 0.25) is 0 Å². The van der Waals surface area contributed by atoms with Crippen molar-refractivity contribution >= 4 is 33.8 Å². The zero-order valence-corrected chi connectivity index (χ0v) is 11.9. The number of pyridine rings is 1. The first-order valence-corrected chi connectivity index (χ1v) is 7.18. The number of anilines is 1. The number of aromatic nitrogens is 1. The average Bonchev–Trinajstić information content (AvgIpc) is 2.93. The van der Waals surface area contributed by atoms with E-state index in [0.29, 0.717) is 4.99 Å². The van der Waals surface area contributed by atoms with Crippen LogP contribution in [0.15, 0.2) is 30.5 Å². The van der Waals surface area contributed by atoms with Gasteiger partial charge in [-0.15, -0.1) is 0 Å². The van der Waals surface area contributed by atoms with Crippen molar-refractivity contribution in [2.75, 3.05) is 18.1 Å². The van der Waals surface area contributed by atoms with Gasteiger partial charge in [-0.1, -0.05) is 30.4 Å². The molecule has 4 nitrogen and oxygen atoms in total. The topological polar surface area (TPSA) is 62.4 Å². The lowest BCUT2D eigenvalue weighted by Gasteiger charge is -2.28. The minimum Gasteiger partial charge on any atom is -0.394 e. The van der Waals surface area contributed by atoms with Crippen LogP contribution in [0.1, 0.15) is 18.4 Å². The molecule has 0 bridgehead atoms. The normalized spacial score (nSPS) is 18.6. The zero-order valence-electron chi connectivity index (χ0n) is 11.1. The quantitative estimate of drug-likeness (QED) is 0.843. The molecule has 1 aliphatic heterocycles. The average molecular weight is 287 g/mol. The summed E-state index contributed by atoms with van der Waals surface area (Å²) in [7, 11) is 0. The highest BCUT2D eigenvalue weighted by Crippen LogP contribution is 2.34. The lowest BCUT2D eigenvalue weighted by molar-refractivity contribution is 0.266. The molecule has 2 heterocycles. The Morgan fingerprint density at radius 2 is 2.25 bits per heavy atom. The van der Waals surface area contributed by atoms with Gasteiger partial charge in [0.25, 0.3) is 0 Å². The lowest BCUT2D eigenvalue weighted by atomic mass is 10.1. The highest BCUT2D eigenvalue weighted by atomic mass is 32.1.